The summed E-state index contributed by atoms with van der Waals surface area (Å²) in [6, 6.07) is 3.55. The average molecular weight is 289 g/mol. The number of aliphatic carboxylic acids is 1. The predicted octanol–water partition coefficient (Wildman–Crippen LogP) is 1.29. The number of anilines is 1. The summed E-state index contributed by atoms with van der Waals surface area (Å²) < 4.78 is 4.57. The summed E-state index contributed by atoms with van der Waals surface area (Å²) in [4.78, 5) is 31.4. The highest BCUT2D eigenvalue weighted by Crippen LogP contribution is 2.26. The summed E-state index contributed by atoms with van der Waals surface area (Å²) in [5.41, 5.74) is -0.0266. The Morgan fingerprint density at radius 1 is 1.42 bits per heavy atom. The highest BCUT2D eigenvalue weighted by atomic mass is 35.5. The molecule has 0 aromatic heterocycles. The quantitative estimate of drug-likeness (QED) is 0.601. The molecular formula is C10H9ClN2O6. The molecule has 102 valence electrons. The Balaban J connectivity index is 2.59. The number of nitrogens with zero attached hydrogens (tertiary/aromatic N) is 1. The van der Waals surface area contributed by atoms with Crippen LogP contribution >= 0.6 is 11.6 Å². The van der Waals surface area contributed by atoms with E-state index in [0.717, 1.165) is 6.07 Å². The van der Waals surface area contributed by atoms with Gasteiger partial charge in [-0.05, 0) is 6.07 Å². The first-order chi connectivity index (χ1) is 8.90. The zero-order chi connectivity index (χ0) is 14.4. The summed E-state index contributed by atoms with van der Waals surface area (Å²) in [6.45, 7) is -1.05. The Hall–Kier alpha value is -2.19. The highest BCUT2D eigenvalue weighted by Gasteiger charge is 2.11. The van der Waals surface area contributed by atoms with Crippen molar-refractivity contribution in [3.63, 3.8) is 0 Å². The van der Waals surface area contributed by atoms with E-state index < -0.39 is 30.0 Å². The van der Waals surface area contributed by atoms with Gasteiger partial charge in [-0.25, -0.2) is 4.79 Å². The van der Waals surface area contributed by atoms with Crippen LogP contribution in [0.5, 0.6) is 0 Å². The van der Waals surface area contributed by atoms with Crippen molar-refractivity contribution in [2.24, 2.45) is 0 Å². The molecule has 0 fully saturated rings. The Morgan fingerprint density at radius 2 is 2.11 bits per heavy atom. The fourth-order valence-corrected chi connectivity index (χ4v) is 1.36. The summed E-state index contributed by atoms with van der Waals surface area (Å²) >= 11 is 5.75. The number of non-ortho nitro benzene ring substituents is 1. The van der Waals surface area contributed by atoms with Gasteiger partial charge in [-0.2, -0.15) is 0 Å². The molecule has 19 heavy (non-hydrogen) atoms. The Kier molecular flexibility index (Phi) is 5.22. The molecule has 1 aromatic rings. The van der Waals surface area contributed by atoms with Crippen molar-refractivity contribution in [3.05, 3.63) is 33.3 Å². The van der Waals surface area contributed by atoms with Gasteiger partial charge in [0.05, 0.1) is 15.6 Å². The number of carboxylic acids is 1. The maximum absolute atomic E-state index is 11.3. The molecule has 0 spiro atoms. The van der Waals surface area contributed by atoms with Crippen molar-refractivity contribution in [2.75, 3.05) is 18.5 Å². The third-order valence-corrected chi connectivity index (χ3v) is 2.21. The van der Waals surface area contributed by atoms with Crippen molar-refractivity contribution in [2.45, 2.75) is 0 Å². The zero-order valence-electron chi connectivity index (χ0n) is 9.46. The van der Waals surface area contributed by atoms with E-state index in [4.69, 9.17) is 16.7 Å². The summed E-state index contributed by atoms with van der Waals surface area (Å²) in [5, 5.41) is 21.1. The minimum Gasteiger partial charge on any atom is -0.480 e. The van der Waals surface area contributed by atoms with Gasteiger partial charge in [0.1, 0.15) is 13.2 Å². The monoisotopic (exact) mass is 288 g/mol. The van der Waals surface area contributed by atoms with Gasteiger partial charge in [0.15, 0.2) is 0 Å². The molecule has 0 bridgehead atoms. The topological polar surface area (TPSA) is 119 Å². The molecule has 0 saturated heterocycles. The second-order valence-corrected chi connectivity index (χ2v) is 3.76. The number of nitrogens with one attached hydrogen (secondary N) is 1. The van der Waals surface area contributed by atoms with Crippen LogP contribution < -0.4 is 5.32 Å². The minimum absolute atomic E-state index is 0.000726. The minimum atomic E-state index is -1.19. The largest absolute Gasteiger partial charge is 0.480 e. The van der Waals surface area contributed by atoms with E-state index in [1.165, 1.54) is 12.1 Å². The molecule has 0 aliphatic carbocycles. The number of hydrogen-bond donors (Lipinski definition) is 2. The van der Waals surface area contributed by atoms with Crippen LogP contribution in [0.2, 0.25) is 5.02 Å². The number of amides is 1. The number of carbonyl (C=O) groups is 2. The van der Waals surface area contributed by atoms with Crippen LogP contribution in [0.15, 0.2) is 18.2 Å². The lowest BCUT2D eigenvalue weighted by Gasteiger charge is -2.06. The first kappa shape index (κ1) is 14.9. The maximum atomic E-state index is 11.3. The van der Waals surface area contributed by atoms with Crippen LogP contribution in [0.25, 0.3) is 0 Å². The number of hydrogen-bond acceptors (Lipinski definition) is 5. The van der Waals surface area contributed by atoms with E-state index in [9.17, 15) is 19.7 Å². The fourth-order valence-electron chi connectivity index (χ4n) is 1.14. The number of nitro benzene ring substituents is 1. The smallest absolute Gasteiger partial charge is 0.329 e. The van der Waals surface area contributed by atoms with E-state index >= 15 is 0 Å². The van der Waals surface area contributed by atoms with E-state index in [2.05, 4.69) is 10.1 Å². The number of benzene rings is 1. The molecule has 2 N–H and O–H groups in total. The van der Waals surface area contributed by atoms with Crippen LogP contribution in [0, 0.1) is 10.1 Å². The standard InChI is InChI=1S/C10H9ClN2O6/c11-7-3-6(13(17)18)1-2-8(7)12-9(14)4-19-5-10(15)16/h1-3H,4-5H2,(H,12,14)(H,15,16). The first-order valence-electron chi connectivity index (χ1n) is 4.93. The number of ether oxygens (including phenoxy) is 1. The van der Waals surface area contributed by atoms with Gasteiger partial charge in [0.2, 0.25) is 5.91 Å². The third-order valence-electron chi connectivity index (χ3n) is 1.90. The lowest BCUT2D eigenvalue weighted by atomic mass is 10.3. The molecule has 0 saturated carbocycles. The molecule has 1 amide bonds. The summed E-state index contributed by atoms with van der Waals surface area (Å²) in [6.07, 6.45) is 0. The van der Waals surface area contributed by atoms with Crippen LogP contribution in [0.1, 0.15) is 0 Å². The normalized spacial score (nSPS) is 9.95. The van der Waals surface area contributed by atoms with Gasteiger partial charge in [0, 0.05) is 12.1 Å². The molecule has 0 aliphatic heterocycles. The fraction of sp³-hybridized carbons (Fsp3) is 0.200. The Labute approximate surface area is 112 Å². The van der Waals surface area contributed by atoms with E-state index in [1.807, 2.05) is 0 Å². The second-order valence-electron chi connectivity index (χ2n) is 3.36. The van der Waals surface area contributed by atoms with Gasteiger partial charge >= 0.3 is 5.97 Å². The number of halogens is 1. The molecule has 0 radical (unpaired) electrons. The molecule has 0 heterocycles. The van der Waals surface area contributed by atoms with E-state index in [1.54, 1.807) is 0 Å². The number of carbonyl (C=O) groups excluding carboxylic acids is 1. The average Bonchev–Trinajstić information content (AvgIpc) is 2.31. The van der Waals surface area contributed by atoms with Gasteiger partial charge in [0.25, 0.3) is 5.69 Å². The van der Waals surface area contributed by atoms with Crippen molar-refractivity contribution < 1.29 is 24.4 Å². The highest BCUT2D eigenvalue weighted by molar-refractivity contribution is 6.33. The van der Waals surface area contributed by atoms with E-state index in [-0.39, 0.29) is 16.4 Å². The van der Waals surface area contributed by atoms with Crippen molar-refractivity contribution in [1.82, 2.24) is 0 Å². The number of rotatable bonds is 6. The van der Waals surface area contributed by atoms with Crippen molar-refractivity contribution in [3.8, 4) is 0 Å². The summed E-state index contributed by atoms with van der Waals surface area (Å²) in [5.74, 6) is -1.81. The SMILES string of the molecule is O=C(O)COCC(=O)Nc1ccc([N+](=O)[O-])cc1Cl. The van der Waals surface area contributed by atoms with Gasteiger partial charge in [-0.3, -0.25) is 14.9 Å². The molecule has 1 aromatic carbocycles. The van der Waals surface area contributed by atoms with E-state index in [0.29, 0.717) is 0 Å². The maximum Gasteiger partial charge on any atom is 0.329 e. The molecule has 1 rings (SSSR count). The number of nitro groups is 1. The van der Waals surface area contributed by atoms with Crippen molar-refractivity contribution in [1.29, 1.82) is 0 Å². The summed E-state index contributed by atoms with van der Waals surface area (Å²) in [7, 11) is 0. The molecular weight excluding hydrogens is 280 g/mol. The van der Waals surface area contributed by atoms with Crippen LogP contribution in [-0.4, -0.2) is 35.1 Å². The predicted molar refractivity (Wildman–Crippen MR) is 65.2 cm³/mol. The molecule has 0 atom stereocenters. The van der Waals surface area contributed by atoms with Gasteiger partial charge in [-0.1, -0.05) is 11.6 Å². The van der Waals surface area contributed by atoms with Gasteiger partial charge < -0.3 is 15.2 Å². The van der Waals surface area contributed by atoms with Crippen LogP contribution in [0.4, 0.5) is 11.4 Å². The Morgan fingerprint density at radius 3 is 2.63 bits per heavy atom. The molecule has 9 heteroatoms. The lowest BCUT2D eigenvalue weighted by molar-refractivity contribution is -0.384. The third kappa shape index (κ3) is 4.90. The Bertz CT molecular complexity index is 519. The lowest BCUT2D eigenvalue weighted by Crippen LogP contribution is -2.20. The van der Waals surface area contributed by atoms with Crippen molar-refractivity contribution >= 4 is 34.9 Å². The molecule has 8 nitrogen and oxygen atoms in total. The number of carboxylic acid groups (broad SMARTS) is 1. The van der Waals surface area contributed by atoms with Crippen LogP contribution in [-0.2, 0) is 14.3 Å². The molecule has 0 aliphatic rings. The van der Waals surface area contributed by atoms with Gasteiger partial charge in [-0.15, -0.1) is 0 Å². The molecule has 0 unspecified atom stereocenters. The van der Waals surface area contributed by atoms with Crippen LogP contribution in [0.3, 0.4) is 0 Å². The first-order valence-corrected chi connectivity index (χ1v) is 5.31. The second kappa shape index (κ2) is 6.66. The zero-order valence-corrected chi connectivity index (χ0v) is 10.2.